The fourth-order valence-electron chi connectivity index (χ4n) is 1.95. The van der Waals surface area contributed by atoms with Crippen LogP contribution in [0.1, 0.15) is 15.9 Å². The van der Waals surface area contributed by atoms with E-state index in [1.54, 1.807) is 24.3 Å². The highest BCUT2D eigenvalue weighted by atomic mass is 79.9. The molecule has 0 saturated heterocycles. The molecule has 2 aromatic carbocycles. The number of rotatable bonds is 5. The standard InChI is InChI=1S/C16H13BrN2O5/c1-10-8-11(6-7-14(10)19(22)23)16(21)24-9-15(20)18-13-5-3-2-4-12(13)17/h2-8H,9H2,1H3,(H,18,20). The number of esters is 1. The van der Waals surface area contributed by atoms with Gasteiger partial charge >= 0.3 is 5.97 Å². The zero-order chi connectivity index (χ0) is 17.7. The molecule has 0 aliphatic carbocycles. The van der Waals surface area contributed by atoms with E-state index in [1.165, 1.54) is 25.1 Å². The molecule has 0 aliphatic rings. The van der Waals surface area contributed by atoms with Gasteiger partial charge in [0.1, 0.15) is 0 Å². The first kappa shape index (κ1) is 17.6. The van der Waals surface area contributed by atoms with Gasteiger partial charge in [-0.05, 0) is 47.1 Å². The molecule has 7 nitrogen and oxygen atoms in total. The third-order valence-electron chi connectivity index (χ3n) is 3.11. The van der Waals surface area contributed by atoms with Crippen molar-refractivity contribution in [2.24, 2.45) is 0 Å². The molecule has 0 fully saturated rings. The van der Waals surface area contributed by atoms with Crippen LogP contribution in [0.3, 0.4) is 0 Å². The second-order valence-electron chi connectivity index (χ2n) is 4.86. The minimum absolute atomic E-state index is 0.0850. The summed E-state index contributed by atoms with van der Waals surface area (Å²) in [6, 6.07) is 10.9. The summed E-state index contributed by atoms with van der Waals surface area (Å²) in [4.78, 5) is 34.0. The van der Waals surface area contributed by atoms with Gasteiger partial charge in [-0.25, -0.2) is 4.79 Å². The van der Waals surface area contributed by atoms with Crippen LogP contribution in [-0.4, -0.2) is 23.4 Å². The van der Waals surface area contributed by atoms with E-state index in [0.717, 1.165) is 0 Å². The third-order valence-corrected chi connectivity index (χ3v) is 3.80. The number of benzene rings is 2. The van der Waals surface area contributed by atoms with E-state index >= 15 is 0 Å². The highest BCUT2D eigenvalue weighted by Crippen LogP contribution is 2.21. The number of nitro groups is 1. The zero-order valence-electron chi connectivity index (χ0n) is 12.6. The first-order valence-electron chi connectivity index (χ1n) is 6.85. The molecule has 0 heterocycles. The van der Waals surface area contributed by atoms with Crippen molar-refractivity contribution < 1.29 is 19.2 Å². The highest BCUT2D eigenvalue weighted by molar-refractivity contribution is 9.10. The zero-order valence-corrected chi connectivity index (χ0v) is 14.2. The second-order valence-corrected chi connectivity index (χ2v) is 5.72. The Labute approximate surface area is 145 Å². The summed E-state index contributed by atoms with van der Waals surface area (Å²) in [5, 5.41) is 13.4. The van der Waals surface area contributed by atoms with Gasteiger partial charge in [-0.2, -0.15) is 0 Å². The summed E-state index contributed by atoms with van der Waals surface area (Å²) in [5.74, 6) is -1.22. The Morgan fingerprint density at radius 1 is 1.25 bits per heavy atom. The highest BCUT2D eigenvalue weighted by Gasteiger charge is 2.16. The van der Waals surface area contributed by atoms with Crippen LogP contribution in [0.4, 0.5) is 11.4 Å². The molecule has 24 heavy (non-hydrogen) atoms. The summed E-state index contributed by atoms with van der Waals surface area (Å²) in [6.07, 6.45) is 0. The van der Waals surface area contributed by atoms with E-state index in [0.29, 0.717) is 15.7 Å². The summed E-state index contributed by atoms with van der Waals surface area (Å²) in [6.45, 7) is 1.06. The molecular formula is C16H13BrN2O5. The molecule has 0 unspecified atom stereocenters. The van der Waals surface area contributed by atoms with Gasteiger partial charge in [0.05, 0.1) is 16.2 Å². The first-order valence-corrected chi connectivity index (χ1v) is 7.64. The minimum Gasteiger partial charge on any atom is -0.452 e. The Hall–Kier alpha value is -2.74. The van der Waals surface area contributed by atoms with Gasteiger partial charge in [-0.3, -0.25) is 14.9 Å². The fraction of sp³-hybridized carbons (Fsp3) is 0.125. The Bertz CT molecular complexity index is 807. The number of nitro benzene ring substituents is 1. The van der Waals surface area contributed by atoms with E-state index < -0.39 is 23.4 Å². The third kappa shape index (κ3) is 4.39. The predicted molar refractivity (Wildman–Crippen MR) is 90.9 cm³/mol. The number of amides is 1. The minimum atomic E-state index is -0.727. The van der Waals surface area contributed by atoms with Crippen molar-refractivity contribution in [1.82, 2.24) is 0 Å². The van der Waals surface area contributed by atoms with Gasteiger partial charge in [-0.15, -0.1) is 0 Å². The van der Waals surface area contributed by atoms with Crippen molar-refractivity contribution in [3.8, 4) is 0 Å². The maximum atomic E-state index is 11.9. The van der Waals surface area contributed by atoms with E-state index in [2.05, 4.69) is 21.2 Å². The molecule has 2 aromatic rings. The van der Waals surface area contributed by atoms with Crippen molar-refractivity contribution in [1.29, 1.82) is 0 Å². The summed E-state index contributed by atoms with van der Waals surface area (Å²) >= 11 is 3.29. The first-order chi connectivity index (χ1) is 11.4. The molecule has 0 aromatic heterocycles. The number of hydrogen-bond donors (Lipinski definition) is 1. The summed E-state index contributed by atoms with van der Waals surface area (Å²) in [7, 11) is 0. The maximum Gasteiger partial charge on any atom is 0.338 e. The van der Waals surface area contributed by atoms with Crippen molar-refractivity contribution >= 4 is 39.2 Å². The lowest BCUT2D eigenvalue weighted by Gasteiger charge is -2.08. The van der Waals surface area contributed by atoms with Crippen molar-refractivity contribution in [3.05, 3.63) is 68.2 Å². The number of ether oxygens (including phenoxy) is 1. The smallest absolute Gasteiger partial charge is 0.338 e. The number of nitrogens with one attached hydrogen (secondary N) is 1. The Morgan fingerprint density at radius 3 is 2.58 bits per heavy atom. The molecule has 0 aliphatic heterocycles. The number of para-hydroxylation sites is 1. The number of carbonyl (C=O) groups excluding carboxylic acids is 2. The lowest BCUT2D eigenvalue weighted by Crippen LogP contribution is -2.21. The Balaban J connectivity index is 1.95. The number of hydrogen-bond acceptors (Lipinski definition) is 5. The molecule has 1 N–H and O–H groups in total. The van der Waals surface area contributed by atoms with Crippen molar-refractivity contribution in [2.45, 2.75) is 6.92 Å². The monoisotopic (exact) mass is 392 g/mol. The maximum absolute atomic E-state index is 11.9. The van der Waals surface area contributed by atoms with Gasteiger partial charge < -0.3 is 10.1 Å². The number of nitrogens with zero attached hydrogens (tertiary/aromatic N) is 1. The van der Waals surface area contributed by atoms with Crippen LogP contribution < -0.4 is 5.32 Å². The normalized spacial score (nSPS) is 10.1. The molecule has 8 heteroatoms. The van der Waals surface area contributed by atoms with Gasteiger partial charge in [0, 0.05) is 16.1 Å². The topological polar surface area (TPSA) is 98.5 Å². The van der Waals surface area contributed by atoms with Crippen LogP contribution in [0.2, 0.25) is 0 Å². The molecule has 0 radical (unpaired) electrons. The van der Waals surface area contributed by atoms with Crippen LogP contribution >= 0.6 is 15.9 Å². The van der Waals surface area contributed by atoms with Gasteiger partial charge in [0.2, 0.25) is 0 Å². The summed E-state index contributed by atoms with van der Waals surface area (Å²) in [5.41, 5.74) is 0.960. The number of anilines is 1. The van der Waals surface area contributed by atoms with Gasteiger partial charge in [0.25, 0.3) is 11.6 Å². The molecular weight excluding hydrogens is 380 g/mol. The molecule has 0 spiro atoms. The lowest BCUT2D eigenvalue weighted by atomic mass is 10.1. The Kier molecular flexibility index (Phi) is 5.64. The number of carbonyl (C=O) groups is 2. The number of aryl methyl sites for hydroxylation is 1. The molecule has 124 valence electrons. The van der Waals surface area contributed by atoms with Crippen LogP contribution in [-0.2, 0) is 9.53 Å². The van der Waals surface area contributed by atoms with Crippen LogP contribution in [0.5, 0.6) is 0 Å². The molecule has 0 saturated carbocycles. The van der Waals surface area contributed by atoms with E-state index in [-0.39, 0.29) is 11.3 Å². The van der Waals surface area contributed by atoms with Crippen LogP contribution in [0, 0.1) is 17.0 Å². The molecule has 2 rings (SSSR count). The van der Waals surface area contributed by atoms with Crippen molar-refractivity contribution in [3.63, 3.8) is 0 Å². The average Bonchev–Trinajstić information content (AvgIpc) is 2.54. The molecule has 0 bridgehead atoms. The van der Waals surface area contributed by atoms with E-state index in [4.69, 9.17) is 4.74 Å². The molecule has 1 amide bonds. The van der Waals surface area contributed by atoms with Crippen LogP contribution in [0.25, 0.3) is 0 Å². The lowest BCUT2D eigenvalue weighted by molar-refractivity contribution is -0.385. The largest absolute Gasteiger partial charge is 0.452 e. The SMILES string of the molecule is Cc1cc(C(=O)OCC(=O)Nc2ccccc2Br)ccc1[N+](=O)[O-]. The predicted octanol–water partition coefficient (Wildman–Crippen LogP) is 3.46. The second kappa shape index (κ2) is 7.69. The molecule has 0 atom stereocenters. The van der Waals surface area contributed by atoms with Crippen molar-refractivity contribution in [2.75, 3.05) is 11.9 Å². The summed E-state index contributed by atoms with van der Waals surface area (Å²) < 4.78 is 5.63. The van der Waals surface area contributed by atoms with Gasteiger partial charge in [-0.1, -0.05) is 12.1 Å². The quantitative estimate of drug-likeness (QED) is 0.477. The fourth-order valence-corrected chi connectivity index (χ4v) is 2.33. The van der Waals surface area contributed by atoms with Crippen LogP contribution in [0.15, 0.2) is 46.9 Å². The number of halogens is 1. The Morgan fingerprint density at radius 2 is 1.96 bits per heavy atom. The average molecular weight is 393 g/mol. The van der Waals surface area contributed by atoms with E-state index in [1.807, 2.05) is 0 Å². The van der Waals surface area contributed by atoms with Gasteiger partial charge in [0.15, 0.2) is 6.61 Å². The van der Waals surface area contributed by atoms with E-state index in [9.17, 15) is 19.7 Å².